The Morgan fingerprint density at radius 1 is 1.50 bits per heavy atom. The summed E-state index contributed by atoms with van der Waals surface area (Å²) in [7, 11) is -2.35. The molecule has 1 aliphatic heterocycles. The minimum absolute atomic E-state index is 0.00389. The van der Waals surface area contributed by atoms with Gasteiger partial charge in [0.2, 0.25) is 10.0 Å². The van der Waals surface area contributed by atoms with Crippen molar-refractivity contribution >= 4 is 21.6 Å². The Kier molecular flexibility index (Phi) is 4.66. The fourth-order valence-corrected chi connectivity index (χ4v) is 3.81. The van der Waals surface area contributed by atoms with Crippen LogP contribution in [-0.2, 0) is 14.8 Å². The van der Waals surface area contributed by atoms with Crippen molar-refractivity contribution in [3.8, 4) is 0 Å². The maximum atomic E-state index is 12.4. The highest BCUT2D eigenvalue weighted by Gasteiger charge is 2.35. The van der Waals surface area contributed by atoms with E-state index in [9.17, 15) is 13.5 Å². The van der Waals surface area contributed by atoms with Crippen LogP contribution in [0.25, 0.3) is 0 Å². The molecule has 0 radical (unpaired) electrons. The molecular weight excluding hydrogens is 304 g/mol. The minimum atomic E-state index is -3.77. The smallest absolute Gasteiger partial charge is 0.245 e. The van der Waals surface area contributed by atoms with E-state index in [2.05, 4.69) is 4.98 Å². The summed E-state index contributed by atoms with van der Waals surface area (Å²) in [4.78, 5) is 3.71. The summed E-state index contributed by atoms with van der Waals surface area (Å²) in [6, 6.07) is 2.91. The van der Waals surface area contributed by atoms with Crippen LogP contribution in [0.15, 0.2) is 23.2 Å². The number of pyridine rings is 1. The molecule has 0 atom stereocenters. The van der Waals surface area contributed by atoms with Crippen molar-refractivity contribution in [2.75, 3.05) is 26.8 Å². The molecule has 8 heteroatoms. The Bertz CT molecular complexity index is 573. The molecule has 6 nitrogen and oxygen atoms in total. The number of nitrogens with zero attached hydrogens (tertiary/aromatic N) is 2. The molecule has 2 heterocycles. The minimum Gasteiger partial charge on any atom is -0.388 e. The zero-order chi connectivity index (χ0) is 14.8. The van der Waals surface area contributed by atoms with Gasteiger partial charge >= 0.3 is 0 Å². The standard InChI is InChI=1S/C12H17ClN2O4S/c1-15(9-12(16)4-7-19-8-5-12)20(17,18)10-3-2-6-14-11(10)13/h2-3,6,16H,4-5,7-9H2,1H3. The zero-order valence-electron chi connectivity index (χ0n) is 11.1. The Morgan fingerprint density at radius 2 is 2.15 bits per heavy atom. The van der Waals surface area contributed by atoms with E-state index in [0.717, 1.165) is 4.31 Å². The Morgan fingerprint density at radius 3 is 2.75 bits per heavy atom. The van der Waals surface area contributed by atoms with E-state index in [1.165, 1.54) is 25.4 Å². The van der Waals surface area contributed by atoms with Crippen molar-refractivity contribution < 1.29 is 18.3 Å². The summed E-state index contributed by atoms with van der Waals surface area (Å²) < 4.78 is 31.1. The van der Waals surface area contributed by atoms with Crippen LogP contribution in [0.5, 0.6) is 0 Å². The highest BCUT2D eigenvalue weighted by atomic mass is 35.5. The van der Waals surface area contributed by atoms with E-state index in [4.69, 9.17) is 16.3 Å². The van der Waals surface area contributed by atoms with E-state index in [1.54, 1.807) is 0 Å². The lowest BCUT2D eigenvalue weighted by Crippen LogP contribution is -2.47. The first-order valence-electron chi connectivity index (χ1n) is 6.22. The van der Waals surface area contributed by atoms with Gasteiger partial charge in [0.25, 0.3) is 0 Å². The van der Waals surface area contributed by atoms with Gasteiger partial charge < -0.3 is 9.84 Å². The third kappa shape index (κ3) is 3.29. The van der Waals surface area contributed by atoms with Crippen LogP contribution in [0.3, 0.4) is 0 Å². The van der Waals surface area contributed by atoms with E-state index < -0.39 is 15.6 Å². The van der Waals surface area contributed by atoms with E-state index >= 15 is 0 Å². The maximum absolute atomic E-state index is 12.4. The van der Waals surface area contributed by atoms with Crippen LogP contribution in [0.1, 0.15) is 12.8 Å². The second-order valence-electron chi connectivity index (χ2n) is 4.89. The van der Waals surface area contributed by atoms with Crippen LogP contribution in [-0.4, -0.2) is 55.2 Å². The molecule has 1 saturated heterocycles. The fraction of sp³-hybridized carbons (Fsp3) is 0.583. The average Bonchev–Trinajstić information content (AvgIpc) is 2.39. The van der Waals surface area contributed by atoms with Crippen LogP contribution in [0.4, 0.5) is 0 Å². The lowest BCUT2D eigenvalue weighted by molar-refractivity contribution is -0.0689. The predicted molar refractivity (Wildman–Crippen MR) is 74.1 cm³/mol. The molecule has 0 aromatic carbocycles. The maximum Gasteiger partial charge on any atom is 0.245 e. The Hall–Kier alpha value is -0.730. The molecule has 20 heavy (non-hydrogen) atoms. The molecule has 0 bridgehead atoms. The van der Waals surface area contributed by atoms with Gasteiger partial charge in [0.15, 0.2) is 0 Å². The lowest BCUT2D eigenvalue weighted by Gasteiger charge is -2.35. The normalized spacial score (nSPS) is 19.2. The average molecular weight is 321 g/mol. The molecule has 0 amide bonds. The third-order valence-corrected chi connectivity index (χ3v) is 5.60. The number of likely N-dealkylation sites (N-methyl/N-ethyl adjacent to an activating group) is 1. The number of aliphatic hydroxyl groups is 1. The van der Waals surface area contributed by atoms with Gasteiger partial charge in [-0.15, -0.1) is 0 Å². The first-order chi connectivity index (χ1) is 9.35. The second-order valence-corrected chi connectivity index (χ2v) is 7.26. The van der Waals surface area contributed by atoms with Crippen LogP contribution in [0, 0.1) is 0 Å². The molecular formula is C12H17ClN2O4S. The highest BCUT2D eigenvalue weighted by molar-refractivity contribution is 7.89. The molecule has 0 spiro atoms. The summed E-state index contributed by atoms with van der Waals surface area (Å²) in [5, 5.41) is 10.3. The molecule has 1 aliphatic rings. The predicted octanol–water partition coefficient (Wildman–Crippen LogP) is 0.897. The molecule has 1 N–H and O–H groups in total. The highest BCUT2D eigenvalue weighted by Crippen LogP contribution is 2.26. The summed E-state index contributed by atoms with van der Waals surface area (Å²) in [6.07, 6.45) is 2.24. The zero-order valence-corrected chi connectivity index (χ0v) is 12.7. The largest absolute Gasteiger partial charge is 0.388 e. The number of rotatable bonds is 4. The van der Waals surface area contributed by atoms with E-state index in [0.29, 0.717) is 26.1 Å². The molecule has 0 saturated carbocycles. The third-order valence-electron chi connectivity index (χ3n) is 3.35. The SMILES string of the molecule is CN(CC1(O)CCOCC1)S(=O)(=O)c1cccnc1Cl. The number of halogens is 1. The monoisotopic (exact) mass is 320 g/mol. The first kappa shape index (κ1) is 15.7. The van der Waals surface area contributed by atoms with Gasteiger partial charge in [0.1, 0.15) is 10.0 Å². The summed E-state index contributed by atoms with van der Waals surface area (Å²) in [6.45, 7) is 0.861. The Labute approximate surface area is 123 Å². The Balaban J connectivity index is 2.19. The van der Waals surface area contributed by atoms with Crippen molar-refractivity contribution in [2.24, 2.45) is 0 Å². The van der Waals surface area contributed by atoms with Gasteiger partial charge in [-0.1, -0.05) is 11.6 Å². The molecule has 2 rings (SSSR count). The number of aromatic nitrogens is 1. The van der Waals surface area contributed by atoms with Gasteiger partial charge in [-0.3, -0.25) is 0 Å². The van der Waals surface area contributed by atoms with Crippen LogP contribution in [0.2, 0.25) is 5.15 Å². The number of ether oxygens (including phenoxy) is 1. The molecule has 1 aromatic rings. The summed E-state index contributed by atoms with van der Waals surface area (Å²) >= 11 is 5.83. The summed E-state index contributed by atoms with van der Waals surface area (Å²) in [5.41, 5.74) is -1.06. The van der Waals surface area contributed by atoms with Crippen LogP contribution < -0.4 is 0 Å². The van der Waals surface area contributed by atoms with Crippen molar-refractivity contribution in [3.05, 3.63) is 23.5 Å². The van der Waals surface area contributed by atoms with Crippen molar-refractivity contribution in [3.63, 3.8) is 0 Å². The second kappa shape index (κ2) is 5.95. The molecule has 1 fully saturated rings. The molecule has 0 unspecified atom stereocenters. The first-order valence-corrected chi connectivity index (χ1v) is 8.04. The lowest BCUT2D eigenvalue weighted by atomic mass is 9.95. The van der Waals surface area contributed by atoms with Gasteiger partial charge in [-0.2, -0.15) is 4.31 Å². The van der Waals surface area contributed by atoms with Gasteiger partial charge in [0.05, 0.1) is 5.60 Å². The van der Waals surface area contributed by atoms with Crippen molar-refractivity contribution in [2.45, 2.75) is 23.3 Å². The van der Waals surface area contributed by atoms with Gasteiger partial charge in [-0.05, 0) is 12.1 Å². The number of hydrogen-bond acceptors (Lipinski definition) is 5. The molecule has 112 valence electrons. The fourth-order valence-electron chi connectivity index (χ4n) is 2.14. The van der Waals surface area contributed by atoms with Gasteiger partial charge in [-0.25, -0.2) is 13.4 Å². The van der Waals surface area contributed by atoms with Crippen molar-refractivity contribution in [1.82, 2.24) is 9.29 Å². The van der Waals surface area contributed by atoms with Crippen molar-refractivity contribution in [1.29, 1.82) is 0 Å². The van der Waals surface area contributed by atoms with E-state index in [-0.39, 0.29) is 16.6 Å². The topological polar surface area (TPSA) is 79.7 Å². The molecule has 1 aromatic heterocycles. The molecule has 0 aliphatic carbocycles. The van der Waals surface area contributed by atoms with Crippen LogP contribution >= 0.6 is 11.6 Å². The van der Waals surface area contributed by atoms with E-state index in [1.807, 2.05) is 0 Å². The quantitative estimate of drug-likeness (QED) is 0.834. The number of hydrogen-bond donors (Lipinski definition) is 1. The summed E-state index contributed by atoms with van der Waals surface area (Å²) in [5.74, 6) is 0. The van der Waals surface area contributed by atoms with Gasteiger partial charge in [0, 0.05) is 45.8 Å². The number of sulfonamides is 1.